The molecule has 0 radical (unpaired) electrons. The SMILES string of the molecule is CC(C)CNC(=O)CN1CCc2cc(OC/C(=C\F)CN)ccc2C1=O.Cl. The predicted octanol–water partition coefficient (Wildman–Crippen LogP) is 2.07. The molecule has 0 unspecified atom stereocenters. The molecule has 0 aliphatic carbocycles. The van der Waals surface area contributed by atoms with E-state index in [1.807, 2.05) is 13.8 Å². The molecule has 1 aromatic carbocycles. The highest BCUT2D eigenvalue weighted by Gasteiger charge is 2.26. The summed E-state index contributed by atoms with van der Waals surface area (Å²) in [4.78, 5) is 26.1. The monoisotopic (exact) mass is 399 g/mol. The Bertz CT molecular complexity index is 695. The molecule has 0 bridgehead atoms. The van der Waals surface area contributed by atoms with E-state index in [0.29, 0.717) is 48.6 Å². The fraction of sp³-hybridized carbons (Fsp3) is 0.474. The van der Waals surface area contributed by atoms with E-state index in [9.17, 15) is 14.0 Å². The van der Waals surface area contributed by atoms with E-state index in [0.717, 1.165) is 5.56 Å². The number of hydrogen-bond donors (Lipinski definition) is 2. The molecule has 8 heteroatoms. The first-order valence-electron chi connectivity index (χ1n) is 8.74. The van der Waals surface area contributed by atoms with Gasteiger partial charge in [0.2, 0.25) is 5.91 Å². The number of carbonyl (C=O) groups is 2. The smallest absolute Gasteiger partial charge is 0.254 e. The van der Waals surface area contributed by atoms with Gasteiger partial charge in [0.05, 0.1) is 12.9 Å². The minimum absolute atomic E-state index is 0. The minimum Gasteiger partial charge on any atom is -0.489 e. The summed E-state index contributed by atoms with van der Waals surface area (Å²) in [6, 6.07) is 5.15. The van der Waals surface area contributed by atoms with E-state index in [-0.39, 0.29) is 43.9 Å². The van der Waals surface area contributed by atoms with Crippen molar-refractivity contribution in [3.05, 3.63) is 41.2 Å². The van der Waals surface area contributed by atoms with Crippen LogP contribution in [0.15, 0.2) is 30.1 Å². The van der Waals surface area contributed by atoms with Crippen molar-refractivity contribution < 1.29 is 18.7 Å². The average Bonchev–Trinajstić information content (AvgIpc) is 2.63. The lowest BCUT2D eigenvalue weighted by Gasteiger charge is -2.28. The van der Waals surface area contributed by atoms with Crippen molar-refractivity contribution in [3.8, 4) is 5.75 Å². The number of rotatable bonds is 8. The molecule has 1 heterocycles. The number of ether oxygens (including phenoxy) is 1. The summed E-state index contributed by atoms with van der Waals surface area (Å²) in [5, 5.41) is 2.82. The van der Waals surface area contributed by atoms with Crippen molar-refractivity contribution in [3.63, 3.8) is 0 Å². The van der Waals surface area contributed by atoms with Crippen LogP contribution in [-0.2, 0) is 11.2 Å². The first-order valence-corrected chi connectivity index (χ1v) is 8.74. The second-order valence-corrected chi connectivity index (χ2v) is 6.75. The number of amides is 2. The molecule has 1 aromatic rings. The van der Waals surface area contributed by atoms with Crippen molar-refractivity contribution in [2.45, 2.75) is 20.3 Å². The van der Waals surface area contributed by atoms with E-state index in [2.05, 4.69) is 5.32 Å². The summed E-state index contributed by atoms with van der Waals surface area (Å²) in [6.07, 6.45) is 1.09. The molecule has 0 saturated heterocycles. The van der Waals surface area contributed by atoms with Crippen LogP contribution in [0, 0.1) is 5.92 Å². The zero-order valence-electron chi connectivity index (χ0n) is 15.7. The summed E-state index contributed by atoms with van der Waals surface area (Å²) in [6.45, 7) is 5.32. The summed E-state index contributed by atoms with van der Waals surface area (Å²) in [7, 11) is 0. The Balaban J connectivity index is 0.00000364. The maximum Gasteiger partial charge on any atom is 0.254 e. The molecule has 2 amide bonds. The highest BCUT2D eigenvalue weighted by molar-refractivity contribution is 5.98. The number of benzene rings is 1. The van der Waals surface area contributed by atoms with Gasteiger partial charge in [-0.1, -0.05) is 13.8 Å². The van der Waals surface area contributed by atoms with E-state index >= 15 is 0 Å². The third-order valence-electron chi connectivity index (χ3n) is 4.13. The number of nitrogens with one attached hydrogen (secondary N) is 1. The van der Waals surface area contributed by atoms with Crippen LogP contribution < -0.4 is 15.8 Å². The Labute approximate surface area is 165 Å². The molecule has 27 heavy (non-hydrogen) atoms. The van der Waals surface area contributed by atoms with E-state index in [4.69, 9.17) is 10.5 Å². The maximum atomic E-state index is 12.6. The number of nitrogens with zero attached hydrogens (tertiary/aromatic N) is 1. The van der Waals surface area contributed by atoms with Gasteiger partial charge < -0.3 is 20.7 Å². The van der Waals surface area contributed by atoms with Gasteiger partial charge in [-0.25, -0.2) is 4.39 Å². The zero-order chi connectivity index (χ0) is 19.1. The fourth-order valence-electron chi connectivity index (χ4n) is 2.61. The highest BCUT2D eigenvalue weighted by atomic mass is 35.5. The van der Waals surface area contributed by atoms with Gasteiger partial charge in [-0.2, -0.15) is 0 Å². The molecular weight excluding hydrogens is 373 g/mol. The van der Waals surface area contributed by atoms with Gasteiger partial charge in [-0.3, -0.25) is 9.59 Å². The fourth-order valence-corrected chi connectivity index (χ4v) is 2.61. The van der Waals surface area contributed by atoms with Crippen LogP contribution in [0.1, 0.15) is 29.8 Å². The van der Waals surface area contributed by atoms with E-state index in [1.54, 1.807) is 23.1 Å². The van der Waals surface area contributed by atoms with Crippen molar-refractivity contribution in [2.24, 2.45) is 11.7 Å². The normalized spacial score (nSPS) is 13.9. The van der Waals surface area contributed by atoms with Crippen molar-refractivity contribution in [2.75, 3.05) is 32.8 Å². The van der Waals surface area contributed by atoms with Gasteiger partial charge in [-0.15, -0.1) is 12.4 Å². The molecule has 3 N–H and O–H groups in total. The molecule has 1 aliphatic rings. The summed E-state index contributed by atoms with van der Waals surface area (Å²) >= 11 is 0. The Kier molecular flexibility index (Phi) is 9.25. The molecule has 1 aliphatic heterocycles. The summed E-state index contributed by atoms with van der Waals surface area (Å²) < 4.78 is 18.0. The van der Waals surface area contributed by atoms with Crippen LogP contribution in [-0.4, -0.2) is 49.5 Å². The molecule has 0 spiro atoms. The van der Waals surface area contributed by atoms with Crippen LogP contribution >= 0.6 is 12.4 Å². The number of hydrogen-bond acceptors (Lipinski definition) is 4. The van der Waals surface area contributed by atoms with Crippen molar-refractivity contribution in [1.82, 2.24) is 10.2 Å². The Morgan fingerprint density at radius 3 is 2.81 bits per heavy atom. The van der Waals surface area contributed by atoms with E-state index < -0.39 is 0 Å². The first-order chi connectivity index (χ1) is 12.4. The van der Waals surface area contributed by atoms with Gasteiger partial charge in [0.15, 0.2) is 0 Å². The average molecular weight is 400 g/mol. The first kappa shape index (κ1) is 22.9. The maximum absolute atomic E-state index is 12.6. The van der Waals surface area contributed by atoms with E-state index in [1.165, 1.54) is 0 Å². The third kappa shape index (κ3) is 6.52. The second kappa shape index (κ2) is 10.9. The standard InChI is InChI=1S/C19H26FN3O3.ClH/c1-13(2)10-22-18(24)11-23-6-5-15-7-16(3-4-17(15)19(23)25)26-12-14(8-20)9-21;/h3-4,7-8,13H,5-6,9-12,21H2,1-2H3,(H,22,24);1H/b14-8-;. The van der Waals surface area contributed by atoms with Gasteiger partial charge in [-0.05, 0) is 36.1 Å². The molecular formula is C19H27ClFN3O3. The highest BCUT2D eigenvalue weighted by Crippen LogP contribution is 2.24. The van der Waals surface area contributed by atoms with Crippen LogP contribution in [0.5, 0.6) is 5.75 Å². The van der Waals surface area contributed by atoms with Gasteiger partial charge in [0.1, 0.15) is 12.4 Å². The van der Waals surface area contributed by atoms with Crippen LogP contribution in [0.25, 0.3) is 0 Å². The molecule has 6 nitrogen and oxygen atoms in total. The lowest BCUT2D eigenvalue weighted by Crippen LogP contribution is -2.44. The van der Waals surface area contributed by atoms with Crippen LogP contribution in [0.4, 0.5) is 4.39 Å². The molecule has 2 rings (SSSR count). The van der Waals surface area contributed by atoms with Crippen LogP contribution in [0.2, 0.25) is 0 Å². The minimum atomic E-state index is -0.163. The second-order valence-electron chi connectivity index (χ2n) is 6.75. The third-order valence-corrected chi connectivity index (χ3v) is 4.13. The number of halogens is 2. The molecule has 0 atom stereocenters. The largest absolute Gasteiger partial charge is 0.489 e. The summed E-state index contributed by atoms with van der Waals surface area (Å²) in [5.74, 6) is 0.612. The van der Waals surface area contributed by atoms with Crippen molar-refractivity contribution >= 4 is 24.2 Å². The number of fused-ring (bicyclic) bond motifs is 1. The van der Waals surface area contributed by atoms with Crippen LogP contribution in [0.3, 0.4) is 0 Å². The Hall–Kier alpha value is -2.12. The predicted molar refractivity (Wildman–Crippen MR) is 105 cm³/mol. The van der Waals surface area contributed by atoms with Gasteiger partial charge in [0.25, 0.3) is 5.91 Å². The van der Waals surface area contributed by atoms with Gasteiger partial charge in [0, 0.05) is 30.8 Å². The Morgan fingerprint density at radius 1 is 1.44 bits per heavy atom. The lowest BCUT2D eigenvalue weighted by atomic mass is 9.98. The van der Waals surface area contributed by atoms with Crippen molar-refractivity contribution in [1.29, 1.82) is 0 Å². The number of nitrogens with two attached hydrogens (primary N) is 1. The zero-order valence-corrected chi connectivity index (χ0v) is 16.5. The molecule has 150 valence electrons. The summed E-state index contributed by atoms with van der Waals surface area (Å²) in [5.41, 5.74) is 7.19. The Morgan fingerprint density at radius 2 is 2.19 bits per heavy atom. The molecule has 0 fully saturated rings. The van der Waals surface area contributed by atoms with Gasteiger partial charge >= 0.3 is 0 Å². The number of carbonyl (C=O) groups excluding carboxylic acids is 2. The molecule has 0 saturated carbocycles. The quantitative estimate of drug-likeness (QED) is 0.700. The molecule has 0 aromatic heterocycles. The lowest BCUT2D eigenvalue weighted by molar-refractivity contribution is -0.122. The topological polar surface area (TPSA) is 84.7 Å².